The molecule has 1 aromatic rings. The Labute approximate surface area is 133 Å². The Kier molecular flexibility index (Phi) is 5.66. The van der Waals surface area contributed by atoms with Gasteiger partial charge in [0, 0.05) is 11.7 Å². The highest BCUT2D eigenvalue weighted by atomic mass is 16.5. The first-order valence-electron chi connectivity index (χ1n) is 8.05. The van der Waals surface area contributed by atoms with Crippen molar-refractivity contribution >= 4 is 11.6 Å². The summed E-state index contributed by atoms with van der Waals surface area (Å²) >= 11 is 0. The van der Waals surface area contributed by atoms with Crippen LogP contribution in [0.25, 0.3) is 0 Å². The zero-order chi connectivity index (χ0) is 16.1. The van der Waals surface area contributed by atoms with Crippen LogP contribution in [0, 0.1) is 0 Å². The summed E-state index contributed by atoms with van der Waals surface area (Å²) < 4.78 is 5.20. The van der Waals surface area contributed by atoms with Crippen LogP contribution in [-0.4, -0.2) is 51.3 Å². The number of amides is 1. The molecule has 0 spiro atoms. The first-order valence-corrected chi connectivity index (χ1v) is 8.05. The van der Waals surface area contributed by atoms with Gasteiger partial charge < -0.3 is 19.9 Å². The van der Waals surface area contributed by atoms with E-state index >= 15 is 0 Å². The number of hydrogen-bond donors (Lipinski definition) is 2. The third-order valence-corrected chi connectivity index (χ3v) is 4.28. The van der Waals surface area contributed by atoms with Gasteiger partial charge in [-0.2, -0.15) is 0 Å². The largest absolute Gasteiger partial charge is 0.497 e. The average molecular weight is 306 g/mol. The molecule has 122 valence electrons. The molecule has 0 saturated carbocycles. The van der Waals surface area contributed by atoms with E-state index in [1.54, 1.807) is 7.11 Å². The second kappa shape index (κ2) is 7.49. The van der Waals surface area contributed by atoms with E-state index < -0.39 is 0 Å². The van der Waals surface area contributed by atoms with Crippen molar-refractivity contribution in [2.75, 3.05) is 38.2 Å². The number of carbonyl (C=O) groups is 1. The number of nitrogens with zero attached hydrogens (tertiary/aromatic N) is 1. The molecule has 0 aromatic heterocycles. The van der Waals surface area contributed by atoms with Gasteiger partial charge in [-0.1, -0.05) is 0 Å². The van der Waals surface area contributed by atoms with Crippen LogP contribution in [0.4, 0.5) is 5.69 Å². The minimum atomic E-state index is 0.0143. The number of anilines is 1. The van der Waals surface area contributed by atoms with Crippen LogP contribution in [0.3, 0.4) is 0 Å². The van der Waals surface area contributed by atoms with Crippen LogP contribution < -0.4 is 19.9 Å². The molecule has 1 heterocycles. The van der Waals surface area contributed by atoms with Crippen molar-refractivity contribution in [3.05, 3.63) is 24.3 Å². The lowest BCUT2D eigenvalue weighted by Crippen LogP contribution is -3.19. The number of rotatable bonds is 5. The quantitative estimate of drug-likeness (QED) is 0.823. The molecule has 22 heavy (non-hydrogen) atoms. The van der Waals surface area contributed by atoms with Gasteiger partial charge in [-0.25, -0.2) is 0 Å². The fourth-order valence-corrected chi connectivity index (χ4v) is 2.87. The highest BCUT2D eigenvalue weighted by molar-refractivity contribution is 5.80. The van der Waals surface area contributed by atoms with Gasteiger partial charge >= 0.3 is 0 Å². The second-order valence-electron chi connectivity index (χ2n) is 6.23. The molecule has 1 fully saturated rings. The Morgan fingerprint density at radius 3 is 2.27 bits per heavy atom. The Morgan fingerprint density at radius 2 is 1.77 bits per heavy atom. The Bertz CT molecular complexity index is 479. The number of carbonyl (C=O) groups excluding carboxylic acids is 1. The third kappa shape index (κ3) is 4.13. The molecule has 1 aliphatic rings. The van der Waals surface area contributed by atoms with E-state index in [2.05, 4.69) is 22.3 Å². The lowest BCUT2D eigenvalue weighted by molar-refractivity contribution is -0.914. The molecule has 2 N–H and O–H groups in total. The number of benzene rings is 1. The van der Waals surface area contributed by atoms with Crippen LogP contribution in [0.1, 0.15) is 20.8 Å². The van der Waals surface area contributed by atoms with E-state index in [1.807, 2.05) is 32.9 Å². The lowest BCUT2D eigenvalue weighted by Gasteiger charge is -2.36. The van der Waals surface area contributed by atoms with Gasteiger partial charge in [0.05, 0.1) is 33.3 Å². The fourth-order valence-electron chi connectivity index (χ4n) is 2.87. The molecule has 5 heteroatoms. The number of methoxy groups -OCH3 is 1. The van der Waals surface area contributed by atoms with E-state index in [0.717, 1.165) is 31.9 Å². The molecule has 0 aliphatic carbocycles. The molecule has 5 nitrogen and oxygen atoms in total. The molecule has 1 saturated heterocycles. The van der Waals surface area contributed by atoms with Crippen molar-refractivity contribution in [2.45, 2.75) is 32.9 Å². The Balaban J connectivity index is 1.88. The third-order valence-electron chi connectivity index (χ3n) is 4.28. The van der Waals surface area contributed by atoms with Gasteiger partial charge in [-0.15, -0.1) is 0 Å². The standard InChI is InChI=1S/C17H27N3O2/c1-13(2)18-17(21)14(3)19-9-11-20(12-10-19)15-5-7-16(22-4)8-6-15/h5-8,13-14H,9-12H2,1-4H3,(H,18,21)/p+1/t14-/m0/s1. The summed E-state index contributed by atoms with van der Waals surface area (Å²) in [6.45, 7) is 9.94. The SMILES string of the molecule is COc1ccc(N2CC[NH+]([C@@H](C)C(=O)NC(C)C)CC2)cc1. The lowest BCUT2D eigenvalue weighted by atomic mass is 10.2. The summed E-state index contributed by atoms with van der Waals surface area (Å²) in [7, 11) is 1.68. The predicted molar refractivity (Wildman–Crippen MR) is 88.6 cm³/mol. The molecule has 2 rings (SSSR count). The van der Waals surface area contributed by atoms with E-state index in [1.165, 1.54) is 10.6 Å². The van der Waals surface area contributed by atoms with E-state index in [4.69, 9.17) is 4.74 Å². The summed E-state index contributed by atoms with van der Waals surface area (Å²) in [6, 6.07) is 8.40. The molecule has 1 amide bonds. The van der Waals surface area contributed by atoms with Crippen LogP contribution in [0.15, 0.2) is 24.3 Å². The fraction of sp³-hybridized carbons (Fsp3) is 0.588. The topological polar surface area (TPSA) is 46.0 Å². The predicted octanol–water partition coefficient (Wildman–Crippen LogP) is 0.313. The second-order valence-corrected chi connectivity index (χ2v) is 6.23. The van der Waals surface area contributed by atoms with E-state index in [-0.39, 0.29) is 18.0 Å². The van der Waals surface area contributed by atoms with E-state index in [0.29, 0.717) is 0 Å². The van der Waals surface area contributed by atoms with Gasteiger partial charge in [-0.3, -0.25) is 4.79 Å². The van der Waals surface area contributed by atoms with Crippen LogP contribution in [0.2, 0.25) is 0 Å². The normalized spacial score (nSPS) is 17.4. The minimum absolute atomic E-state index is 0.0143. The van der Waals surface area contributed by atoms with Crippen molar-refractivity contribution in [2.24, 2.45) is 0 Å². The zero-order valence-corrected chi connectivity index (χ0v) is 14.1. The minimum Gasteiger partial charge on any atom is -0.497 e. The smallest absolute Gasteiger partial charge is 0.278 e. The van der Waals surface area contributed by atoms with Crippen molar-refractivity contribution in [3.8, 4) is 5.75 Å². The highest BCUT2D eigenvalue weighted by Crippen LogP contribution is 2.18. The molecule has 1 atom stereocenters. The van der Waals surface area contributed by atoms with Gasteiger partial charge in [-0.05, 0) is 45.0 Å². The summed E-state index contributed by atoms with van der Waals surface area (Å²) in [5.74, 6) is 1.04. The van der Waals surface area contributed by atoms with Crippen LogP contribution in [-0.2, 0) is 4.79 Å². The van der Waals surface area contributed by atoms with Crippen LogP contribution in [0.5, 0.6) is 5.75 Å². The molecule has 0 unspecified atom stereocenters. The molecule has 0 radical (unpaired) electrons. The number of quaternary nitrogens is 1. The monoisotopic (exact) mass is 306 g/mol. The number of nitrogens with one attached hydrogen (secondary N) is 2. The van der Waals surface area contributed by atoms with Crippen molar-refractivity contribution in [1.29, 1.82) is 0 Å². The molecular weight excluding hydrogens is 278 g/mol. The molecule has 0 bridgehead atoms. The maximum Gasteiger partial charge on any atom is 0.278 e. The first kappa shape index (κ1) is 16.6. The van der Waals surface area contributed by atoms with Gasteiger partial charge in [0.25, 0.3) is 5.91 Å². The van der Waals surface area contributed by atoms with E-state index in [9.17, 15) is 4.79 Å². The maximum absolute atomic E-state index is 12.1. The Morgan fingerprint density at radius 1 is 1.18 bits per heavy atom. The summed E-state index contributed by atoms with van der Waals surface area (Å²) in [5, 5.41) is 3.01. The van der Waals surface area contributed by atoms with Gasteiger partial charge in [0.2, 0.25) is 0 Å². The zero-order valence-electron chi connectivity index (χ0n) is 14.1. The van der Waals surface area contributed by atoms with Crippen LogP contribution >= 0.6 is 0 Å². The number of piperazine rings is 1. The summed E-state index contributed by atoms with van der Waals surface area (Å²) in [6.07, 6.45) is 0. The Hall–Kier alpha value is -1.75. The van der Waals surface area contributed by atoms with Crippen molar-refractivity contribution in [1.82, 2.24) is 5.32 Å². The molecule has 1 aromatic carbocycles. The highest BCUT2D eigenvalue weighted by Gasteiger charge is 2.29. The number of ether oxygens (including phenoxy) is 1. The molecular formula is C17H28N3O2+. The molecule has 1 aliphatic heterocycles. The maximum atomic E-state index is 12.1. The number of hydrogen-bond acceptors (Lipinski definition) is 3. The first-order chi connectivity index (χ1) is 10.5. The summed E-state index contributed by atoms with van der Waals surface area (Å²) in [5.41, 5.74) is 1.22. The van der Waals surface area contributed by atoms with Gasteiger partial charge in [0.15, 0.2) is 6.04 Å². The van der Waals surface area contributed by atoms with Crippen molar-refractivity contribution in [3.63, 3.8) is 0 Å². The van der Waals surface area contributed by atoms with Gasteiger partial charge in [0.1, 0.15) is 5.75 Å². The summed E-state index contributed by atoms with van der Waals surface area (Å²) in [4.78, 5) is 15.9. The van der Waals surface area contributed by atoms with Crippen molar-refractivity contribution < 1.29 is 14.4 Å². The average Bonchev–Trinajstić information content (AvgIpc) is 2.54.